The molecule has 0 spiro atoms. The summed E-state index contributed by atoms with van der Waals surface area (Å²) >= 11 is 1.59. The van der Waals surface area contributed by atoms with Crippen molar-refractivity contribution < 1.29 is 9.59 Å². The minimum atomic E-state index is -0.249. The van der Waals surface area contributed by atoms with Gasteiger partial charge in [-0.15, -0.1) is 11.3 Å². The normalized spacial score (nSPS) is 16.5. The maximum Gasteiger partial charge on any atom is 0.268 e. The number of hydrogen-bond donors (Lipinski definition) is 2. The van der Waals surface area contributed by atoms with E-state index >= 15 is 0 Å². The zero-order valence-corrected chi connectivity index (χ0v) is 11.7. The van der Waals surface area contributed by atoms with Crippen LogP contribution < -0.4 is 10.7 Å². The van der Waals surface area contributed by atoms with Gasteiger partial charge in [0.15, 0.2) is 0 Å². The van der Waals surface area contributed by atoms with Crippen LogP contribution in [0.1, 0.15) is 42.6 Å². The highest BCUT2D eigenvalue weighted by atomic mass is 32.1. The minimum absolute atomic E-state index is 0.155. The van der Waals surface area contributed by atoms with Gasteiger partial charge in [-0.25, -0.2) is 10.4 Å². The van der Waals surface area contributed by atoms with Gasteiger partial charge in [0.2, 0.25) is 5.91 Å². The first-order valence-corrected chi connectivity index (χ1v) is 7.02. The molecule has 2 amide bonds. The summed E-state index contributed by atoms with van der Waals surface area (Å²) in [6.45, 7) is 3.96. The lowest BCUT2D eigenvalue weighted by molar-refractivity contribution is -0.121. The van der Waals surface area contributed by atoms with E-state index in [1.807, 2.05) is 13.1 Å². The third kappa shape index (κ3) is 3.37. The number of hydrogen-bond acceptors (Lipinski definition) is 5. The van der Waals surface area contributed by atoms with Gasteiger partial charge >= 0.3 is 0 Å². The van der Waals surface area contributed by atoms with E-state index in [1.54, 1.807) is 11.3 Å². The van der Waals surface area contributed by atoms with E-state index in [0.29, 0.717) is 18.6 Å². The molecule has 7 heteroatoms. The molecule has 19 heavy (non-hydrogen) atoms. The quantitative estimate of drug-likeness (QED) is 0.867. The summed E-state index contributed by atoms with van der Waals surface area (Å²) in [5, 5.41) is 7.49. The van der Waals surface area contributed by atoms with Gasteiger partial charge in [0.1, 0.15) is 10.7 Å². The first-order chi connectivity index (χ1) is 9.10. The van der Waals surface area contributed by atoms with E-state index in [4.69, 9.17) is 0 Å². The molecule has 0 aromatic carbocycles. The van der Waals surface area contributed by atoms with Gasteiger partial charge in [-0.2, -0.15) is 5.10 Å². The highest BCUT2D eigenvalue weighted by Gasteiger charge is 2.21. The van der Waals surface area contributed by atoms with Crippen LogP contribution in [-0.2, 0) is 16.0 Å². The summed E-state index contributed by atoms with van der Waals surface area (Å²) in [6, 6.07) is -0.155. The Kier molecular flexibility index (Phi) is 4.26. The molecule has 1 aliphatic heterocycles. The first kappa shape index (κ1) is 13.7. The standard InChI is InChI=1S/C12H16N4O2S/c1-3-8-6-13-12(19-8)7(2)14-11(18)9-4-5-10(17)16-15-9/h6-7H,3-5H2,1-2H3,(H,14,18)(H,16,17). The second kappa shape index (κ2) is 5.92. The second-order valence-electron chi connectivity index (χ2n) is 4.31. The zero-order valence-electron chi connectivity index (χ0n) is 10.9. The van der Waals surface area contributed by atoms with Crippen molar-refractivity contribution in [2.75, 3.05) is 0 Å². The third-order valence-electron chi connectivity index (χ3n) is 2.80. The molecule has 0 saturated heterocycles. The topological polar surface area (TPSA) is 83.4 Å². The Labute approximate surface area is 115 Å². The number of carbonyl (C=O) groups excluding carboxylic acids is 2. The number of aromatic nitrogens is 1. The molecule has 1 aliphatic rings. The molecular formula is C12H16N4O2S. The van der Waals surface area contributed by atoms with E-state index in [0.717, 1.165) is 11.4 Å². The Bertz CT molecular complexity index is 524. The van der Waals surface area contributed by atoms with Crippen LogP contribution in [-0.4, -0.2) is 22.5 Å². The number of rotatable bonds is 4. The molecule has 1 aromatic heterocycles. The Morgan fingerprint density at radius 1 is 1.58 bits per heavy atom. The van der Waals surface area contributed by atoms with Crippen LogP contribution in [0.2, 0.25) is 0 Å². The smallest absolute Gasteiger partial charge is 0.268 e. The summed E-state index contributed by atoms with van der Waals surface area (Å²) in [7, 11) is 0. The lowest BCUT2D eigenvalue weighted by Crippen LogP contribution is -2.37. The van der Waals surface area contributed by atoms with E-state index in [9.17, 15) is 9.59 Å². The monoisotopic (exact) mass is 280 g/mol. The van der Waals surface area contributed by atoms with Crippen molar-refractivity contribution in [2.45, 2.75) is 39.2 Å². The number of carbonyl (C=O) groups is 2. The highest BCUT2D eigenvalue weighted by molar-refractivity contribution is 7.11. The second-order valence-corrected chi connectivity index (χ2v) is 5.45. The van der Waals surface area contributed by atoms with Crippen molar-refractivity contribution >= 4 is 28.9 Å². The predicted octanol–water partition coefficient (Wildman–Crippen LogP) is 1.15. The van der Waals surface area contributed by atoms with Gasteiger partial charge in [0, 0.05) is 23.9 Å². The van der Waals surface area contributed by atoms with Crippen molar-refractivity contribution in [1.82, 2.24) is 15.7 Å². The molecule has 0 fully saturated rings. The molecule has 0 bridgehead atoms. The van der Waals surface area contributed by atoms with E-state index in [-0.39, 0.29) is 17.9 Å². The molecule has 102 valence electrons. The Hall–Kier alpha value is -1.76. The van der Waals surface area contributed by atoms with Crippen LogP contribution in [0.3, 0.4) is 0 Å². The summed E-state index contributed by atoms with van der Waals surface area (Å²) in [4.78, 5) is 28.4. The average Bonchev–Trinajstić information content (AvgIpc) is 2.88. The van der Waals surface area contributed by atoms with Crippen LogP contribution >= 0.6 is 11.3 Å². The van der Waals surface area contributed by atoms with Gasteiger partial charge in [0.25, 0.3) is 5.91 Å². The van der Waals surface area contributed by atoms with Crippen molar-refractivity contribution in [1.29, 1.82) is 0 Å². The molecule has 2 rings (SSSR count). The van der Waals surface area contributed by atoms with E-state index in [1.165, 1.54) is 4.88 Å². The third-order valence-corrected chi connectivity index (χ3v) is 4.13. The maximum atomic E-state index is 11.9. The number of thiazole rings is 1. The zero-order chi connectivity index (χ0) is 13.8. The first-order valence-electron chi connectivity index (χ1n) is 6.21. The molecule has 0 radical (unpaired) electrons. The Morgan fingerprint density at radius 2 is 2.37 bits per heavy atom. The summed E-state index contributed by atoms with van der Waals surface area (Å²) in [6.07, 6.45) is 3.46. The molecular weight excluding hydrogens is 264 g/mol. The van der Waals surface area contributed by atoms with Crippen LogP contribution in [0.25, 0.3) is 0 Å². The van der Waals surface area contributed by atoms with Crippen LogP contribution in [0, 0.1) is 0 Å². The Morgan fingerprint density at radius 3 is 2.95 bits per heavy atom. The number of aryl methyl sites for hydroxylation is 1. The molecule has 1 aromatic rings. The van der Waals surface area contributed by atoms with E-state index < -0.39 is 0 Å². The molecule has 2 heterocycles. The molecule has 6 nitrogen and oxygen atoms in total. The van der Waals surface area contributed by atoms with Crippen molar-refractivity contribution in [3.05, 3.63) is 16.1 Å². The van der Waals surface area contributed by atoms with Crippen molar-refractivity contribution in [3.8, 4) is 0 Å². The summed E-state index contributed by atoms with van der Waals surface area (Å²) in [5.74, 6) is -0.405. The minimum Gasteiger partial charge on any atom is -0.342 e. The number of amides is 2. The molecule has 1 atom stereocenters. The number of hydrazone groups is 1. The van der Waals surface area contributed by atoms with Gasteiger partial charge in [-0.1, -0.05) is 6.92 Å². The fraction of sp³-hybridized carbons (Fsp3) is 0.500. The molecule has 0 aliphatic carbocycles. The van der Waals surface area contributed by atoms with E-state index in [2.05, 4.69) is 27.8 Å². The SMILES string of the molecule is CCc1cnc(C(C)NC(=O)C2=NNC(=O)CC2)s1. The summed E-state index contributed by atoms with van der Waals surface area (Å²) < 4.78 is 0. The number of nitrogens with one attached hydrogen (secondary N) is 2. The lowest BCUT2D eigenvalue weighted by atomic mass is 10.1. The van der Waals surface area contributed by atoms with Crippen molar-refractivity contribution in [2.24, 2.45) is 5.10 Å². The van der Waals surface area contributed by atoms with Gasteiger partial charge < -0.3 is 5.32 Å². The average molecular weight is 280 g/mol. The summed E-state index contributed by atoms with van der Waals surface area (Å²) in [5.41, 5.74) is 2.67. The highest BCUT2D eigenvalue weighted by Crippen LogP contribution is 2.20. The molecule has 1 unspecified atom stereocenters. The van der Waals surface area contributed by atoms with Gasteiger partial charge in [-0.3, -0.25) is 9.59 Å². The maximum absolute atomic E-state index is 11.9. The Balaban J connectivity index is 1.96. The van der Waals surface area contributed by atoms with Crippen molar-refractivity contribution in [3.63, 3.8) is 0 Å². The molecule has 0 saturated carbocycles. The van der Waals surface area contributed by atoms with Crippen LogP contribution in [0.4, 0.5) is 0 Å². The largest absolute Gasteiger partial charge is 0.342 e. The van der Waals surface area contributed by atoms with Crippen LogP contribution in [0.15, 0.2) is 11.3 Å². The van der Waals surface area contributed by atoms with Gasteiger partial charge in [-0.05, 0) is 13.3 Å². The fourth-order valence-electron chi connectivity index (χ4n) is 1.67. The van der Waals surface area contributed by atoms with Crippen LogP contribution in [0.5, 0.6) is 0 Å². The lowest BCUT2D eigenvalue weighted by Gasteiger charge is -2.15. The fourth-order valence-corrected chi connectivity index (χ4v) is 2.53. The molecule has 2 N–H and O–H groups in total. The number of nitrogens with zero attached hydrogens (tertiary/aromatic N) is 2. The predicted molar refractivity (Wildman–Crippen MR) is 72.9 cm³/mol. The van der Waals surface area contributed by atoms with Gasteiger partial charge in [0.05, 0.1) is 6.04 Å².